The quantitative estimate of drug-likeness (QED) is 0.666. The number of rotatable bonds is 9. The minimum absolute atomic E-state index is 0.105. The van der Waals surface area contributed by atoms with Gasteiger partial charge in [0, 0.05) is 0 Å². The number of thiazole rings is 1. The van der Waals surface area contributed by atoms with Crippen molar-refractivity contribution in [2.75, 3.05) is 13.7 Å². The average molecular weight is 362 g/mol. The first-order valence-corrected chi connectivity index (χ1v) is 9.46. The van der Waals surface area contributed by atoms with Crippen LogP contribution in [0, 0.1) is 6.92 Å². The number of nitrogens with one attached hydrogen (secondary N) is 1. The summed E-state index contributed by atoms with van der Waals surface area (Å²) in [5.41, 5.74) is 3.40. The molecular weight excluding hydrogens is 336 g/mol. The highest BCUT2D eigenvalue weighted by Gasteiger charge is 2.16. The van der Waals surface area contributed by atoms with Gasteiger partial charge in [0.1, 0.15) is 4.88 Å². The lowest BCUT2D eigenvalue weighted by atomic mass is 10.1. The number of nitrogens with zero attached hydrogens (tertiary/aromatic N) is 1. The lowest BCUT2D eigenvalue weighted by molar-refractivity contribution is 0.0943. The standard InChI is InChI=1S/C19H26N2O3S/c1-5-6-7-10-24-16-9-8-15(11-17(16)23-4)13(2)21-19(22)18-14(3)20-12-25-18/h8-9,11-13H,5-7,10H2,1-4H3,(H,21,22)/t13-/m1/s1. The number of methoxy groups -OCH3 is 1. The summed E-state index contributed by atoms with van der Waals surface area (Å²) in [6.07, 6.45) is 3.35. The summed E-state index contributed by atoms with van der Waals surface area (Å²) < 4.78 is 11.2. The monoisotopic (exact) mass is 362 g/mol. The Labute approximate surface area is 153 Å². The molecule has 0 fully saturated rings. The fourth-order valence-electron chi connectivity index (χ4n) is 2.47. The molecule has 1 heterocycles. The first-order chi connectivity index (χ1) is 12.1. The van der Waals surface area contributed by atoms with Gasteiger partial charge in [-0.25, -0.2) is 4.98 Å². The number of hydrogen-bond donors (Lipinski definition) is 1. The average Bonchev–Trinajstić information content (AvgIpc) is 3.04. The van der Waals surface area contributed by atoms with Gasteiger partial charge in [-0.1, -0.05) is 25.8 Å². The van der Waals surface area contributed by atoms with E-state index in [9.17, 15) is 4.79 Å². The Balaban J connectivity index is 2.03. The number of hydrogen-bond acceptors (Lipinski definition) is 5. The van der Waals surface area contributed by atoms with Crippen molar-refractivity contribution in [3.8, 4) is 11.5 Å². The zero-order valence-electron chi connectivity index (χ0n) is 15.3. The Bertz CT molecular complexity index is 700. The smallest absolute Gasteiger partial charge is 0.263 e. The molecule has 0 aliphatic heterocycles. The van der Waals surface area contributed by atoms with Crippen LogP contribution in [0.2, 0.25) is 0 Å². The molecule has 0 spiro atoms. The van der Waals surface area contributed by atoms with E-state index in [2.05, 4.69) is 17.2 Å². The Morgan fingerprint density at radius 2 is 2.12 bits per heavy atom. The van der Waals surface area contributed by atoms with Crippen LogP contribution in [-0.2, 0) is 0 Å². The summed E-state index contributed by atoms with van der Waals surface area (Å²) in [6, 6.07) is 5.64. The van der Waals surface area contributed by atoms with Crippen LogP contribution in [0.5, 0.6) is 11.5 Å². The number of carbonyl (C=O) groups excluding carboxylic acids is 1. The molecule has 0 radical (unpaired) electrons. The summed E-state index contributed by atoms with van der Waals surface area (Å²) in [4.78, 5) is 17.1. The summed E-state index contributed by atoms with van der Waals surface area (Å²) in [6.45, 7) is 6.63. The predicted molar refractivity (Wildman–Crippen MR) is 101 cm³/mol. The van der Waals surface area contributed by atoms with Crippen LogP contribution >= 0.6 is 11.3 Å². The van der Waals surface area contributed by atoms with Crippen LogP contribution in [0.25, 0.3) is 0 Å². The number of benzene rings is 1. The van der Waals surface area contributed by atoms with Crippen molar-refractivity contribution in [1.29, 1.82) is 0 Å². The number of unbranched alkanes of at least 4 members (excludes halogenated alkanes) is 2. The first kappa shape index (κ1) is 19.2. The number of aromatic nitrogens is 1. The van der Waals surface area contributed by atoms with Crippen molar-refractivity contribution in [1.82, 2.24) is 10.3 Å². The van der Waals surface area contributed by atoms with E-state index in [1.165, 1.54) is 11.3 Å². The molecule has 5 nitrogen and oxygen atoms in total. The van der Waals surface area contributed by atoms with Crippen LogP contribution in [0.4, 0.5) is 0 Å². The minimum atomic E-state index is -0.142. The largest absolute Gasteiger partial charge is 0.493 e. The zero-order chi connectivity index (χ0) is 18.2. The Kier molecular flexibility index (Phi) is 7.25. The molecule has 1 amide bonds. The first-order valence-electron chi connectivity index (χ1n) is 8.58. The Morgan fingerprint density at radius 1 is 1.32 bits per heavy atom. The molecule has 25 heavy (non-hydrogen) atoms. The van der Waals surface area contributed by atoms with Gasteiger partial charge >= 0.3 is 0 Å². The molecule has 0 aliphatic rings. The van der Waals surface area contributed by atoms with Crippen molar-refractivity contribution in [2.45, 2.75) is 46.1 Å². The third kappa shape index (κ3) is 5.19. The second-order valence-electron chi connectivity index (χ2n) is 5.93. The number of ether oxygens (including phenoxy) is 2. The molecule has 136 valence electrons. The number of amides is 1. The van der Waals surface area contributed by atoms with E-state index in [1.807, 2.05) is 32.0 Å². The Morgan fingerprint density at radius 3 is 2.76 bits per heavy atom. The summed E-state index contributed by atoms with van der Waals surface area (Å²) >= 11 is 1.35. The Hall–Kier alpha value is -2.08. The van der Waals surface area contributed by atoms with Crippen molar-refractivity contribution >= 4 is 17.2 Å². The van der Waals surface area contributed by atoms with Crippen molar-refractivity contribution in [3.05, 3.63) is 39.8 Å². The van der Waals surface area contributed by atoms with Gasteiger partial charge in [-0.15, -0.1) is 11.3 Å². The van der Waals surface area contributed by atoms with Gasteiger partial charge in [0.05, 0.1) is 31.0 Å². The van der Waals surface area contributed by atoms with E-state index in [0.717, 1.165) is 36.3 Å². The molecule has 1 atom stereocenters. The SMILES string of the molecule is CCCCCOc1ccc([C@@H](C)NC(=O)c2scnc2C)cc1OC. The number of aryl methyl sites for hydroxylation is 1. The topological polar surface area (TPSA) is 60.5 Å². The maximum atomic E-state index is 12.3. The highest BCUT2D eigenvalue weighted by atomic mass is 32.1. The van der Waals surface area contributed by atoms with E-state index in [4.69, 9.17) is 9.47 Å². The lowest BCUT2D eigenvalue weighted by Gasteiger charge is -2.17. The second-order valence-corrected chi connectivity index (χ2v) is 6.78. The van der Waals surface area contributed by atoms with Crippen LogP contribution in [0.1, 0.15) is 60.1 Å². The molecule has 1 aromatic heterocycles. The highest BCUT2D eigenvalue weighted by Crippen LogP contribution is 2.30. The van der Waals surface area contributed by atoms with Gasteiger partial charge in [-0.2, -0.15) is 0 Å². The van der Waals surface area contributed by atoms with Gasteiger partial charge in [-0.3, -0.25) is 4.79 Å². The summed E-state index contributed by atoms with van der Waals surface area (Å²) in [5.74, 6) is 1.31. The van der Waals surface area contributed by atoms with Crippen molar-refractivity contribution in [2.24, 2.45) is 0 Å². The van der Waals surface area contributed by atoms with Gasteiger partial charge in [0.2, 0.25) is 0 Å². The molecule has 0 aliphatic carbocycles. The fourth-order valence-corrected chi connectivity index (χ4v) is 3.18. The lowest BCUT2D eigenvalue weighted by Crippen LogP contribution is -2.26. The second kappa shape index (κ2) is 9.42. The maximum Gasteiger partial charge on any atom is 0.263 e. The summed E-state index contributed by atoms with van der Waals surface area (Å²) in [5, 5.41) is 3.01. The minimum Gasteiger partial charge on any atom is -0.493 e. The molecule has 0 unspecified atom stereocenters. The van der Waals surface area contributed by atoms with Crippen LogP contribution in [0.3, 0.4) is 0 Å². The predicted octanol–water partition coefficient (Wildman–Crippen LogP) is 4.52. The molecule has 2 rings (SSSR count). The maximum absolute atomic E-state index is 12.3. The van der Waals surface area contributed by atoms with E-state index < -0.39 is 0 Å². The molecule has 0 saturated carbocycles. The van der Waals surface area contributed by atoms with Gasteiger partial charge in [0.15, 0.2) is 11.5 Å². The molecule has 1 N–H and O–H groups in total. The molecular formula is C19H26N2O3S. The normalized spacial score (nSPS) is 11.8. The van der Waals surface area contributed by atoms with Crippen molar-refractivity contribution < 1.29 is 14.3 Å². The van der Waals surface area contributed by atoms with E-state index in [1.54, 1.807) is 12.6 Å². The molecule has 0 bridgehead atoms. The van der Waals surface area contributed by atoms with E-state index in [-0.39, 0.29) is 11.9 Å². The molecule has 1 aromatic carbocycles. The molecule has 0 saturated heterocycles. The van der Waals surface area contributed by atoms with Gasteiger partial charge in [-0.05, 0) is 38.0 Å². The number of carbonyl (C=O) groups is 1. The van der Waals surface area contributed by atoms with Crippen LogP contribution < -0.4 is 14.8 Å². The van der Waals surface area contributed by atoms with Crippen molar-refractivity contribution in [3.63, 3.8) is 0 Å². The molecule has 2 aromatic rings. The summed E-state index contributed by atoms with van der Waals surface area (Å²) in [7, 11) is 1.63. The van der Waals surface area contributed by atoms with Crippen LogP contribution in [-0.4, -0.2) is 24.6 Å². The van der Waals surface area contributed by atoms with Crippen LogP contribution in [0.15, 0.2) is 23.7 Å². The zero-order valence-corrected chi connectivity index (χ0v) is 16.1. The fraction of sp³-hybridized carbons (Fsp3) is 0.474. The van der Waals surface area contributed by atoms with E-state index in [0.29, 0.717) is 17.2 Å². The van der Waals surface area contributed by atoms with Gasteiger partial charge < -0.3 is 14.8 Å². The third-order valence-corrected chi connectivity index (χ3v) is 4.92. The highest BCUT2D eigenvalue weighted by molar-refractivity contribution is 7.11. The van der Waals surface area contributed by atoms with E-state index >= 15 is 0 Å². The molecule has 6 heteroatoms. The third-order valence-electron chi connectivity index (χ3n) is 3.99. The van der Waals surface area contributed by atoms with Gasteiger partial charge in [0.25, 0.3) is 5.91 Å².